The number of likely N-dealkylation sites (tertiary alicyclic amines) is 1. The Morgan fingerprint density at radius 3 is 2.25 bits per heavy atom. The van der Waals surface area contributed by atoms with Crippen molar-refractivity contribution < 1.29 is 0 Å². The molecule has 1 aliphatic heterocycles. The summed E-state index contributed by atoms with van der Waals surface area (Å²) in [5.41, 5.74) is 0. The number of hydrogen-bond donors (Lipinski definition) is 0. The molecule has 1 heterocycles. The topological polar surface area (TPSA) is 3.24 Å². The van der Waals surface area contributed by atoms with Crippen molar-refractivity contribution in [1.29, 1.82) is 0 Å². The van der Waals surface area contributed by atoms with Crippen molar-refractivity contribution in [3.8, 4) is 0 Å². The van der Waals surface area contributed by atoms with Crippen LogP contribution in [0, 0.1) is 5.92 Å². The summed E-state index contributed by atoms with van der Waals surface area (Å²) in [6, 6.07) is 0. The predicted octanol–water partition coefficient (Wildman–Crippen LogP) is 1.07. The summed E-state index contributed by atoms with van der Waals surface area (Å²) in [5, 5.41) is 0. The van der Waals surface area contributed by atoms with Crippen LogP contribution in [-0.4, -0.2) is 25.0 Å². The molecular formula is C6H15NS. The van der Waals surface area contributed by atoms with Crippen LogP contribution in [0.4, 0.5) is 0 Å². The van der Waals surface area contributed by atoms with Crippen molar-refractivity contribution in [2.75, 3.05) is 20.1 Å². The Hall–Kier alpha value is 0.310. The van der Waals surface area contributed by atoms with E-state index >= 15 is 0 Å². The Labute approximate surface area is 58.5 Å². The van der Waals surface area contributed by atoms with Crippen molar-refractivity contribution in [3.05, 3.63) is 0 Å². The van der Waals surface area contributed by atoms with Gasteiger partial charge in [0.1, 0.15) is 0 Å². The summed E-state index contributed by atoms with van der Waals surface area (Å²) in [7, 11) is 2.18. The van der Waals surface area contributed by atoms with Gasteiger partial charge in [0.15, 0.2) is 0 Å². The van der Waals surface area contributed by atoms with Crippen LogP contribution < -0.4 is 0 Å². The average molecular weight is 133 g/mol. The van der Waals surface area contributed by atoms with Gasteiger partial charge in [-0.2, -0.15) is 13.5 Å². The molecule has 1 unspecified atom stereocenters. The fraction of sp³-hybridized carbons (Fsp3) is 1.00. The minimum atomic E-state index is 0. The van der Waals surface area contributed by atoms with E-state index in [2.05, 4.69) is 18.9 Å². The van der Waals surface area contributed by atoms with Crippen LogP contribution in [0.25, 0.3) is 0 Å². The van der Waals surface area contributed by atoms with E-state index in [4.69, 9.17) is 0 Å². The van der Waals surface area contributed by atoms with E-state index in [-0.39, 0.29) is 13.5 Å². The van der Waals surface area contributed by atoms with Gasteiger partial charge in [0.2, 0.25) is 0 Å². The van der Waals surface area contributed by atoms with E-state index in [1.165, 1.54) is 19.5 Å². The summed E-state index contributed by atoms with van der Waals surface area (Å²) in [6.45, 7) is 4.92. The number of nitrogens with zero attached hydrogens (tertiary/aromatic N) is 1. The van der Waals surface area contributed by atoms with Crippen LogP contribution in [0.1, 0.15) is 13.3 Å². The third-order valence-electron chi connectivity index (χ3n) is 1.63. The number of rotatable bonds is 0. The fourth-order valence-corrected chi connectivity index (χ4v) is 1.16. The van der Waals surface area contributed by atoms with Gasteiger partial charge in [-0.1, -0.05) is 6.92 Å². The first-order chi connectivity index (χ1) is 3.29. The van der Waals surface area contributed by atoms with Crippen LogP contribution in [0.5, 0.6) is 0 Å². The Bertz CT molecular complexity index is 57.5. The SMILES string of the molecule is CC1CCN(C)C1.S. The molecule has 1 rings (SSSR count). The van der Waals surface area contributed by atoms with Gasteiger partial charge in [0.05, 0.1) is 0 Å². The lowest BCUT2D eigenvalue weighted by atomic mass is 10.2. The van der Waals surface area contributed by atoms with Crippen LogP contribution in [0.15, 0.2) is 0 Å². The maximum absolute atomic E-state index is 2.38. The van der Waals surface area contributed by atoms with E-state index < -0.39 is 0 Å². The molecular weight excluding hydrogens is 118 g/mol. The zero-order valence-electron chi connectivity index (χ0n) is 5.65. The van der Waals surface area contributed by atoms with E-state index in [0.29, 0.717) is 0 Å². The molecule has 1 nitrogen and oxygen atoms in total. The largest absolute Gasteiger partial charge is 0.306 e. The minimum absolute atomic E-state index is 0. The van der Waals surface area contributed by atoms with E-state index in [1.54, 1.807) is 0 Å². The highest BCUT2D eigenvalue weighted by atomic mass is 32.1. The van der Waals surface area contributed by atoms with Gasteiger partial charge in [-0.15, -0.1) is 0 Å². The van der Waals surface area contributed by atoms with Gasteiger partial charge < -0.3 is 4.90 Å². The molecule has 0 aromatic heterocycles. The molecule has 0 radical (unpaired) electrons. The summed E-state index contributed by atoms with van der Waals surface area (Å²) in [6.07, 6.45) is 1.40. The summed E-state index contributed by atoms with van der Waals surface area (Å²) in [5.74, 6) is 0.949. The first kappa shape index (κ1) is 8.31. The van der Waals surface area contributed by atoms with Gasteiger partial charge in [0.25, 0.3) is 0 Å². The molecule has 0 bridgehead atoms. The molecule has 0 aromatic rings. The molecule has 1 fully saturated rings. The lowest BCUT2D eigenvalue weighted by Crippen LogP contribution is -2.12. The first-order valence-electron chi connectivity index (χ1n) is 2.97. The molecule has 0 saturated carbocycles. The molecule has 0 aliphatic carbocycles. The standard InChI is InChI=1S/C6H13N.H2S/c1-6-3-4-7(2)5-6;/h6H,3-5H2,1-2H3;1H2. The van der Waals surface area contributed by atoms with Crippen molar-refractivity contribution in [1.82, 2.24) is 4.90 Å². The second-order valence-corrected chi connectivity index (χ2v) is 2.66. The highest BCUT2D eigenvalue weighted by molar-refractivity contribution is 7.59. The van der Waals surface area contributed by atoms with Crippen molar-refractivity contribution >= 4 is 13.5 Å². The quantitative estimate of drug-likeness (QED) is 0.478. The fourth-order valence-electron chi connectivity index (χ4n) is 1.16. The number of hydrogen-bond acceptors (Lipinski definition) is 1. The second kappa shape index (κ2) is 3.36. The molecule has 1 atom stereocenters. The zero-order chi connectivity index (χ0) is 5.28. The van der Waals surface area contributed by atoms with E-state index in [0.717, 1.165) is 5.92 Å². The van der Waals surface area contributed by atoms with E-state index in [1.807, 2.05) is 0 Å². The molecule has 1 aliphatic rings. The molecule has 0 aromatic carbocycles. The summed E-state index contributed by atoms with van der Waals surface area (Å²) >= 11 is 0. The molecule has 8 heavy (non-hydrogen) atoms. The minimum Gasteiger partial charge on any atom is -0.306 e. The maximum Gasteiger partial charge on any atom is 0.000445 e. The normalized spacial score (nSPS) is 30.0. The third-order valence-corrected chi connectivity index (χ3v) is 1.63. The highest BCUT2D eigenvalue weighted by Crippen LogP contribution is 2.11. The molecule has 50 valence electrons. The van der Waals surface area contributed by atoms with Crippen molar-refractivity contribution in [2.24, 2.45) is 5.92 Å². The predicted molar refractivity (Wildman–Crippen MR) is 41.7 cm³/mol. The van der Waals surface area contributed by atoms with Gasteiger partial charge in [-0.25, -0.2) is 0 Å². The molecule has 2 heteroatoms. The maximum atomic E-state index is 2.38. The van der Waals surface area contributed by atoms with Crippen molar-refractivity contribution in [2.45, 2.75) is 13.3 Å². The Kier molecular flexibility index (Phi) is 3.49. The van der Waals surface area contributed by atoms with Gasteiger partial charge in [-0.05, 0) is 25.9 Å². The Morgan fingerprint density at radius 1 is 1.50 bits per heavy atom. The Morgan fingerprint density at radius 2 is 2.12 bits per heavy atom. The van der Waals surface area contributed by atoms with Crippen LogP contribution >= 0.6 is 13.5 Å². The lowest BCUT2D eigenvalue weighted by molar-refractivity contribution is 0.402. The van der Waals surface area contributed by atoms with Crippen molar-refractivity contribution in [3.63, 3.8) is 0 Å². The molecule has 1 saturated heterocycles. The average Bonchev–Trinajstić information content (AvgIpc) is 1.87. The Balaban J connectivity index is 0.000000490. The van der Waals surface area contributed by atoms with E-state index in [9.17, 15) is 0 Å². The second-order valence-electron chi connectivity index (χ2n) is 2.66. The monoisotopic (exact) mass is 133 g/mol. The molecule has 0 spiro atoms. The lowest BCUT2D eigenvalue weighted by Gasteiger charge is -2.03. The van der Waals surface area contributed by atoms with Gasteiger partial charge in [0, 0.05) is 6.54 Å². The van der Waals surface area contributed by atoms with Crippen LogP contribution in [0.2, 0.25) is 0 Å². The smallest absolute Gasteiger partial charge is 0.000445 e. The molecule has 0 N–H and O–H groups in total. The molecule has 0 amide bonds. The van der Waals surface area contributed by atoms with Crippen LogP contribution in [-0.2, 0) is 0 Å². The van der Waals surface area contributed by atoms with Crippen LogP contribution in [0.3, 0.4) is 0 Å². The van der Waals surface area contributed by atoms with Gasteiger partial charge >= 0.3 is 0 Å². The first-order valence-corrected chi connectivity index (χ1v) is 2.97. The van der Waals surface area contributed by atoms with Gasteiger partial charge in [-0.3, -0.25) is 0 Å². The zero-order valence-corrected chi connectivity index (χ0v) is 6.65. The highest BCUT2D eigenvalue weighted by Gasteiger charge is 2.13. The summed E-state index contributed by atoms with van der Waals surface area (Å²) in [4.78, 5) is 2.38. The summed E-state index contributed by atoms with van der Waals surface area (Å²) < 4.78 is 0. The third kappa shape index (κ3) is 2.05.